The summed E-state index contributed by atoms with van der Waals surface area (Å²) in [5.41, 5.74) is 0.894. The second-order valence-electron chi connectivity index (χ2n) is 7.48. The molecule has 30 heavy (non-hydrogen) atoms. The van der Waals surface area contributed by atoms with Crippen LogP contribution in [0.3, 0.4) is 0 Å². The van der Waals surface area contributed by atoms with Gasteiger partial charge in [-0.1, -0.05) is 42.5 Å². The van der Waals surface area contributed by atoms with Crippen LogP contribution in [0.15, 0.2) is 69.9 Å². The number of nitrogens with one attached hydrogen (secondary N) is 1. The number of fused-ring (bicyclic) bond motifs is 1. The standard InChI is InChI=1S/C24H23FN2O3/c25-18-8-9-20-21(28)16-23(30-22(20)15-18)24(29)26-19-10-13-27(14-11-19)12-4-7-17-5-2-1-3-6-17/h1-9,15-16,19H,10-14H2,(H,26,29). The summed E-state index contributed by atoms with van der Waals surface area (Å²) in [5, 5.41) is 3.19. The van der Waals surface area contributed by atoms with Gasteiger partial charge >= 0.3 is 0 Å². The molecule has 0 aliphatic carbocycles. The van der Waals surface area contributed by atoms with Gasteiger partial charge in [-0.05, 0) is 30.5 Å². The molecule has 6 heteroatoms. The molecule has 1 aromatic heterocycles. The van der Waals surface area contributed by atoms with Gasteiger partial charge in [0.15, 0.2) is 11.2 Å². The molecule has 2 heterocycles. The zero-order chi connectivity index (χ0) is 20.9. The van der Waals surface area contributed by atoms with Crippen molar-refractivity contribution >= 4 is 23.0 Å². The van der Waals surface area contributed by atoms with Gasteiger partial charge in [0, 0.05) is 37.8 Å². The van der Waals surface area contributed by atoms with Crippen molar-refractivity contribution in [3.8, 4) is 0 Å². The molecule has 0 saturated carbocycles. The fourth-order valence-corrected chi connectivity index (χ4v) is 3.66. The summed E-state index contributed by atoms with van der Waals surface area (Å²) in [5.74, 6) is -1.05. The van der Waals surface area contributed by atoms with Crippen LogP contribution in [0.25, 0.3) is 17.0 Å². The van der Waals surface area contributed by atoms with E-state index in [0.717, 1.165) is 38.5 Å². The van der Waals surface area contributed by atoms with Gasteiger partial charge in [0.25, 0.3) is 5.91 Å². The van der Waals surface area contributed by atoms with E-state index in [1.807, 2.05) is 18.2 Å². The molecule has 1 aliphatic heterocycles. The summed E-state index contributed by atoms with van der Waals surface area (Å²) in [4.78, 5) is 27.1. The highest BCUT2D eigenvalue weighted by Crippen LogP contribution is 2.16. The number of piperidine rings is 1. The van der Waals surface area contributed by atoms with Crippen LogP contribution in [-0.2, 0) is 0 Å². The zero-order valence-corrected chi connectivity index (χ0v) is 16.5. The molecule has 4 rings (SSSR count). The molecule has 1 fully saturated rings. The molecule has 3 aromatic rings. The maximum atomic E-state index is 13.4. The van der Waals surface area contributed by atoms with Crippen LogP contribution in [0.5, 0.6) is 0 Å². The van der Waals surface area contributed by atoms with E-state index in [4.69, 9.17) is 4.42 Å². The first-order chi connectivity index (χ1) is 14.6. The van der Waals surface area contributed by atoms with Crippen molar-refractivity contribution in [1.29, 1.82) is 0 Å². The molecule has 0 spiro atoms. The summed E-state index contributed by atoms with van der Waals surface area (Å²) < 4.78 is 18.9. The van der Waals surface area contributed by atoms with E-state index in [-0.39, 0.29) is 28.2 Å². The van der Waals surface area contributed by atoms with Crippen LogP contribution < -0.4 is 10.7 Å². The fraction of sp³-hybridized carbons (Fsp3) is 0.250. The number of benzene rings is 2. The Balaban J connectivity index is 1.32. The van der Waals surface area contributed by atoms with Gasteiger partial charge in [-0.15, -0.1) is 0 Å². The van der Waals surface area contributed by atoms with Crippen LogP contribution in [0, 0.1) is 5.82 Å². The Bertz CT molecular complexity index is 1120. The number of hydrogen-bond donors (Lipinski definition) is 1. The Morgan fingerprint density at radius 3 is 2.67 bits per heavy atom. The van der Waals surface area contributed by atoms with E-state index in [0.29, 0.717) is 0 Å². The third-order valence-corrected chi connectivity index (χ3v) is 5.31. The number of nitrogens with zero attached hydrogens (tertiary/aromatic N) is 1. The van der Waals surface area contributed by atoms with E-state index in [2.05, 4.69) is 34.5 Å². The third kappa shape index (κ3) is 4.83. The number of carbonyl (C=O) groups excluding carboxylic acids is 1. The van der Waals surface area contributed by atoms with Crippen LogP contribution in [0.4, 0.5) is 4.39 Å². The Hall–Kier alpha value is -3.25. The Morgan fingerprint density at radius 2 is 1.90 bits per heavy atom. The molecule has 0 unspecified atom stereocenters. The first-order valence-corrected chi connectivity index (χ1v) is 10.1. The smallest absolute Gasteiger partial charge is 0.287 e. The predicted octanol–water partition coefficient (Wildman–Crippen LogP) is 3.84. The van der Waals surface area contributed by atoms with Gasteiger partial charge in [0.2, 0.25) is 0 Å². The average molecular weight is 406 g/mol. The number of hydrogen-bond acceptors (Lipinski definition) is 4. The van der Waals surface area contributed by atoms with Gasteiger partial charge in [-0.25, -0.2) is 4.39 Å². The third-order valence-electron chi connectivity index (χ3n) is 5.31. The Kier molecular flexibility index (Phi) is 6.05. The van der Waals surface area contributed by atoms with E-state index in [1.54, 1.807) is 0 Å². The highest BCUT2D eigenvalue weighted by Gasteiger charge is 2.22. The number of likely N-dealkylation sites (tertiary alicyclic amines) is 1. The lowest BCUT2D eigenvalue weighted by atomic mass is 10.0. The molecule has 5 nitrogen and oxygen atoms in total. The van der Waals surface area contributed by atoms with E-state index in [1.165, 1.54) is 23.8 Å². The van der Waals surface area contributed by atoms with Crippen molar-refractivity contribution in [3.63, 3.8) is 0 Å². The molecule has 2 aromatic carbocycles. The zero-order valence-electron chi connectivity index (χ0n) is 16.5. The minimum absolute atomic E-state index is 0.0142. The summed E-state index contributed by atoms with van der Waals surface area (Å²) >= 11 is 0. The van der Waals surface area contributed by atoms with Crippen molar-refractivity contribution in [2.45, 2.75) is 18.9 Å². The highest BCUT2D eigenvalue weighted by molar-refractivity contribution is 5.93. The number of rotatable bonds is 5. The predicted molar refractivity (Wildman–Crippen MR) is 115 cm³/mol. The molecule has 0 bridgehead atoms. The summed E-state index contributed by atoms with van der Waals surface area (Å²) in [6.45, 7) is 2.61. The minimum Gasteiger partial charge on any atom is -0.451 e. The van der Waals surface area contributed by atoms with E-state index in [9.17, 15) is 14.0 Å². The molecule has 0 atom stereocenters. The molecular formula is C24H23FN2O3. The van der Waals surface area contributed by atoms with Gasteiger partial charge in [0.05, 0.1) is 5.39 Å². The lowest BCUT2D eigenvalue weighted by Gasteiger charge is -2.31. The normalized spacial score (nSPS) is 15.6. The van der Waals surface area contributed by atoms with Gasteiger partial charge in [0.1, 0.15) is 11.4 Å². The molecule has 1 aliphatic rings. The van der Waals surface area contributed by atoms with Gasteiger partial charge in [-0.2, -0.15) is 0 Å². The SMILES string of the molecule is O=C(NC1CCN(CC=Cc2ccccc2)CC1)c1cc(=O)c2ccc(F)cc2o1. The molecule has 1 amide bonds. The maximum absolute atomic E-state index is 13.4. The first kappa shape index (κ1) is 20.0. The van der Waals surface area contributed by atoms with E-state index >= 15 is 0 Å². The van der Waals surface area contributed by atoms with Crippen LogP contribution in [-0.4, -0.2) is 36.5 Å². The van der Waals surface area contributed by atoms with Crippen molar-refractivity contribution in [2.24, 2.45) is 0 Å². The lowest BCUT2D eigenvalue weighted by Crippen LogP contribution is -2.44. The van der Waals surface area contributed by atoms with Crippen LogP contribution in [0.2, 0.25) is 0 Å². The number of halogens is 1. The average Bonchev–Trinajstić information content (AvgIpc) is 2.75. The first-order valence-electron chi connectivity index (χ1n) is 10.1. The van der Waals surface area contributed by atoms with Crippen molar-refractivity contribution in [3.05, 3.63) is 88.0 Å². The maximum Gasteiger partial charge on any atom is 0.287 e. The summed E-state index contributed by atoms with van der Waals surface area (Å²) in [7, 11) is 0. The number of amides is 1. The molecule has 154 valence electrons. The molecule has 0 radical (unpaired) electrons. The largest absolute Gasteiger partial charge is 0.451 e. The fourth-order valence-electron chi connectivity index (χ4n) is 3.66. The van der Waals surface area contributed by atoms with Gasteiger partial charge < -0.3 is 9.73 Å². The van der Waals surface area contributed by atoms with Crippen LogP contribution in [0.1, 0.15) is 29.0 Å². The summed E-state index contributed by atoms with van der Waals surface area (Å²) in [6.07, 6.45) is 5.89. The second-order valence-corrected chi connectivity index (χ2v) is 7.48. The van der Waals surface area contributed by atoms with Crippen LogP contribution >= 0.6 is 0 Å². The van der Waals surface area contributed by atoms with Gasteiger partial charge in [-0.3, -0.25) is 14.5 Å². The van der Waals surface area contributed by atoms with Crippen molar-refractivity contribution < 1.29 is 13.6 Å². The second kappa shape index (κ2) is 9.05. The molecule has 1 saturated heterocycles. The topological polar surface area (TPSA) is 62.6 Å². The lowest BCUT2D eigenvalue weighted by molar-refractivity contribution is 0.0886. The monoisotopic (exact) mass is 406 g/mol. The minimum atomic E-state index is -0.517. The Morgan fingerprint density at radius 1 is 1.13 bits per heavy atom. The van der Waals surface area contributed by atoms with Crippen molar-refractivity contribution in [1.82, 2.24) is 10.2 Å². The molecule has 1 N–H and O–H groups in total. The van der Waals surface area contributed by atoms with Crippen molar-refractivity contribution in [2.75, 3.05) is 19.6 Å². The highest BCUT2D eigenvalue weighted by atomic mass is 19.1. The summed E-state index contributed by atoms with van der Waals surface area (Å²) in [6, 6.07) is 15.0. The van der Waals surface area contributed by atoms with E-state index < -0.39 is 11.7 Å². The number of carbonyl (C=O) groups is 1. The Labute approximate surface area is 173 Å². The molecular weight excluding hydrogens is 383 g/mol. The quantitative estimate of drug-likeness (QED) is 0.699.